The molecule has 1 aliphatic carbocycles. The summed E-state index contributed by atoms with van der Waals surface area (Å²) in [4.78, 5) is 13.9. The first-order chi connectivity index (χ1) is 10.9. The Kier molecular flexibility index (Phi) is 4.29. The van der Waals surface area contributed by atoms with E-state index in [0.717, 1.165) is 50.3 Å². The molecule has 0 aromatic carbocycles. The van der Waals surface area contributed by atoms with Crippen LogP contribution in [-0.4, -0.2) is 58.6 Å². The monoisotopic (exact) mass is 319 g/mol. The summed E-state index contributed by atoms with van der Waals surface area (Å²) in [5, 5.41) is 13.7. The smallest absolute Gasteiger partial charge is 0.356 e. The van der Waals surface area contributed by atoms with E-state index in [0.29, 0.717) is 12.6 Å². The summed E-state index contributed by atoms with van der Waals surface area (Å²) >= 11 is 0. The van der Waals surface area contributed by atoms with Crippen LogP contribution >= 0.6 is 0 Å². The molecule has 0 amide bonds. The van der Waals surface area contributed by atoms with Crippen LogP contribution in [0.5, 0.6) is 0 Å². The molecule has 0 spiro atoms. The average molecular weight is 319 g/mol. The Labute approximate surface area is 136 Å². The van der Waals surface area contributed by atoms with Gasteiger partial charge in [0.2, 0.25) is 0 Å². The molecule has 6 nitrogen and oxygen atoms in total. The molecule has 2 heterocycles. The number of aromatic nitrogens is 2. The molecule has 0 bridgehead atoms. The van der Waals surface area contributed by atoms with Gasteiger partial charge in [-0.2, -0.15) is 5.10 Å². The lowest BCUT2D eigenvalue weighted by Crippen LogP contribution is -2.51. The van der Waals surface area contributed by atoms with Gasteiger partial charge in [-0.25, -0.2) is 4.79 Å². The number of fused-ring (bicyclic) bond motifs is 1. The number of allylic oxidation sites excluding steroid dienone is 1. The lowest BCUT2D eigenvalue weighted by molar-refractivity contribution is -0.116. The number of carboxylic acid groups (broad SMARTS) is 1. The fourth-order valence-corrected chi connectivity index (χ4v) is 3.76. The van der Waals surface area contributed by atoms with Crippen LogP contribution < -0.4 is 0 Å². The lowest BCUT2D eigenvalue weighted by Gasteiger charge is -2.43. The zero-order chi connectivity index (χ0) is 16.6. The second kappa shape index (κ2) is 6.09. The van der Waals surface area contributed by atoms with Crippen molar-refractivity contribution in [3.63, 3.8) is 0 Å². The van der Waals surface area contributed by atoms with Crippen molar-refractivity contribution < 1.29 is 14.6 Å². The molecule has 126 valence electrons. The average Bonchev–Trinajstić information content (AvgIpc) is 2.84. The number of aromatic carboxylic acids is 1. The van der Waals surface area contributed by atoms with Crippen molar-refractivity contribution >= 4 is 5.97 Å². The van der Waals surface area contributed by atoms with Crippen LogP contribution in [0.1, 0.15) is 35.1 Å². The first-order valence-electron chi connectivity index (χ1n) is 8.14. The first kappa shape index (κ1) is 16.2. The van der Waals surface area contributed by atoms with Crippen molar-refractivity contribution in [2.75, 3.05) is 26.8 Å². The Morgan fingerprint density at radius 1 is 1.61 bits per heavy atom. The Bertz CT molecular complexity index is 619. The quantitative estimate of drug-likeness (QED) is 0.807. The third kappa shape index (κ3) is 3.05. The number of likely N-dealkylation sites (N-methyl/N-ethyl adjacent to an activating group) is 1. The van der Waals surface area contributed by atoms with Crippen molar-refractivity contribution in [2.45, 2.75) is 38.8 Å². The zero-order valence-electron chi connectivity index (χ0n) is 13.9. The third-order valence-electron chi connectivity index (χ3n) is 4.98. The molecule has 0 unspecified atom stereocenters. The van der Waals surface area contributed by atoms with E-state index in [2.05, 4.69) is 30.5 Å². The normalized spacial score (nSPS) is 22.5. The number of hydrogen-bond acceptors (Lipinski definition) is 4. The van der Waals surface area contributed by atoms with Gasteiger partial charge in [-0.3, -0.25) is 4.68 Å². The number of carbonyl (C=O) groups is 1. The minimum absolute atomic E-state index is 0.207. The van der Waals surface area contributed by atoms with Crippen LogP contribution in [0, 0.1) is 5.41 Å². The highest BCUT2D eigenvalue weighted by Gasteiger charge is 2.37. The van der Waals surface area contributed by atoms with E-state index < -0.39 is 5.97 Å². The molecule has 0 saturated carbocycles. The third-order valence-corrected chi connectivity index (χ3v) is 4.98. The number of rotatable bonds is 6. The van der Waals surface area contributed by atoms with Gasteiger partial charge in [-0.05, 0) is 26.3 Å². The Morgan fingerprint density at radius 3 is 2.91 bits per heavy atom. The van der Waals surface area contributed by atoms with E-state index in [1.165, 1.54) is 0 Å². The van der Waals surface area contributed by atoms with Crippen molar-refractivity contribution in [3.05, 3.63) is 29.6 Å². The predicted molar refractivity (Wildman–Crippen MR) is 86.8 cm³/mol. The highest BCUT2D eigenvalue weighted by atomic mass is 16.5. The fraction of sp³-hybridized carbons (Fsp3) is 0.647. The van der Waals surface area contributed by atoms with Crippen molar-refractivity contribution in [1.82, 2.24) is 14.7 Å². The highest BCUT2D eigenvalue weighted by Crippen LogP contribution is 2.31. The second-order valence-corrected chi connectivity index (χ2v) is 7.16. The maximum Gasteiger partial charge on any atom is 0.356 e. The summed E-state index contributed by atoms with van der Waals surface area (Å²) in [6.45, 7) is 9.14. The van der Waals surface area contributed by atoms with Crippen LogP contribution in [0.4, 0.5) is 0 Å². The maximum atomic E-state index is 11.5. The summed E-state index contributed by atoms with van der Waals surface area (Å²) in [6.07, 6.45) is 4.41. The van der Waals surface area contributed by atoms with Crippen LogP contribution in [0.2, 0.25) is 0 Å². The number of hydrogen-bond donors (Lipinski definition) is 1. The van der Waals surface area contributed by atoms with E-state index in [9.17, 15) is 9.90 Å². The second-order valence-electron chi connectivity index (χ2n) is 7.16. The van der Waals surface area contributed by atoms with Gasteiger partial charge >= 0.3 is 5.97 Å². The van der Waals surface area contributed by atoms with Gasteiger partial charge in [0, 0.05) is 29.3 Å². The van der Waals surface area contributed by atoms with Gasteiger partial charge < -0.3 is 14.7 Å². The summed E-state index contributed by atoms with van der Waals surface area (Å²) in [7, 11) is 2.13. The number of ether oxygens (including phenoxy) is 1. The van der Waals surface area contributed by atoms with E-state index in [1.807, 2.05) is 0 Å². The van der Waals surface area contributed by atoms with Gasteiger partial charge in [0.15, 0.2) is 5.69 Å². The molecule has 1 saturated heterocycles. The molecule has 1 aliphatic heterocycles. The minimum Gasteiger partial charge on any atom is -0.476 e. The van der Waals surface area contributed by atoms with Gasteiger partial charge in [0.1, 0.15) is 0 Å². The molecule has 2 aliphatic rings. The van der Waals surface area contributed by atoms with Gasteiger partial charge in [0.05, 0.1) is 19.8 Å². The largest absolute Gasteiger partial charge is 0.476 e. The van der Waals surface area contributed by atoms with Crippen molar-refractivity contribution in [1.29, 1.82) is 0 Å². The van der Waals surface area contributed by atoms with Crippen molar-refractivity contribution in [3.8, 4) is 0 Å². The molecule has 1 fully saturated rings. The van der Waals surface area contributed by atoms with Crippen molar-refractivity contribution in [2.24, 2.45) is 5.41 Å². The van der Waals surface area contributed by atoms with Gasteiger partial charge in [-0.1, -0.05) is 13.0 Å². The van der Waals surface area contributed by atoms with E-state index in [-0.39, 0.29) is 11.1 Å². The number of nitrogens with zero attached hydrogens (tertiary/aromatic N) is 3. The molecular weight excluding hydrogens is 294 g/mol. The van der Waals surface area contributed by atoms with Gasteiger partial charge in [-0.15, -0.1) is 6.58 Å². The number of carboxylic acids is 1. The van der Waals surface area contributed by atoms with Crippen LogP contribution in [0.3, 0.4) is 0 Å². The Morgan fingerprint density at radius 2 is 2.35 bits per heavy atom. The fourth-order valence-electron chi connectivity index (χ4n) is 3.76. The molecule has 1 N–H and O–H groups in total. The molecule has 1 atom stereocenters. The van der Waals surface area contributed by atoms with Crippen LogP contribution in [-0.2, 0) is 24.1 Å². The van der Waals surface area contributed by atoms with Crippen LogP contribution in [0.15, 0.2) is 12.7 Å². The van der Waals surface area contributed by atoms with Gasteiger partial charge in [0.25, 0.3) is 0 Å². The SMILES string of the molecule is C=CCn1nc(C(=O)O)c2c1CC[C@@H](N(C)CC1(C)COC1)C2. The Hall–Kier alpha value is -1.66. The molecule has 23 heavy (non-hydrogen) atoms. The highest BCUT2D eigenvalue weighted by molar-refractivity contribution is 5.87. The molecule has 3 rings (SSSR count). The Balaban J connectivity index is 1.79. The summed E-state index contributed by atoms with van der Waals surface area (Å²) in [5.74, 6) is -0.938. The molecule has 1 aromatic rings. The van der Waals surface area contributed by atoms with E-state index >= 15 is 0 Å². The van der Waals surface area contributed by atoms with E-state index in [4.69, 9.17) is 4.74 Å². The standard InChI is InChI=1S/C17H25N3O3/c1-4-7-20-14-6-5-12(8-13(14)15(18-20)16(21)22)19(3)9-17(2)10-23-11-17/h4,12H,1,5-11H2,2-3H3,(H,21,22)/t12-/m1/s1. The predicted octanol–water partition coefficient (Wildman–Crippen LogP) is 1.59. The van der Waals surface area contributed by atoms with Crippen LogP contribution in [0.25, 0.3) is 0 Å². The summed E-state index contributed by atoms with van der Waals surface area (Å²) in [6, 6.07) is 0.361. The molecule has 1 aromatic heterocycles. The topological polar surface area (TPSA) is 67.6 Å². The maximum absolute atomic E-state index is 11.5. The lowest BCUT2D eigenvalue weighted by atomic mass is 9.85. The first-order valence-corrected chi connectivity index (χ1v) is 8.14. The molecule has 6 heteroatoms. The molecular formula is C17H25N3O3. The van der Waals surface area contributed by atoms with E-state index in [1.54, 1.807) is 10.8 Å². The summed E-state index contributed by atoms with van der Waals surface area (Å²) in [5.41, 5.74) is 2.40. The minimum atomic E-state index is -0.938. The zero-order valence-corrected chi connectivity index (χ0v) is 13.9. The molecule has 0 radical (unpaired) electrons. The summed E-state index contributed by atoms with van der Waals surface area (Å²) < 4.78 is 7.13.